The van der Waals surface area contributed by atoms with Crippen LogP contribution in [0.3, 0.4) is 0 Å². The van der Waals surface area contributed by atoms with Crippen molar-refractivity contribution in [2.75, 3.05) is 20.6 Å². The molecule has 2 aromatic rings. The maximum absolute atomic E-state index is 13.9. The lowest BCUT2D eigenvalue weighted by Crippen LogP contribution is -2.36. The van der Waals surface area contributed by atoms with E-state index in [-0.39, 0.29) is 11.6 Å². The molecular formula is C21H28F2N4. The first-order valence-corrected chi connectivity index (χ1v) is 9.08. The molecule has 146 valence electrons. The molecule has 2 aromatic carbocycles. The van der Waals surface area contributed by atoms with Crippen molar-refractivity contribution in [1.82, 2.24) is 15.5 Å². The Labute approximate surface area is 160 Å². The monoisotopic (exact) mass is 374 g/mol. The second kappa shape index (κ2) is 10.0. The van der Waals surface area contributed by atoms with E-state index in [1.54, 1.807) is 19.1 Å². The molecule has 0 amide bonds. The van der Waals surface area contributed by atoms with Gasteiger partial charge in [0.1, 0.15) is 11.6 Å². The summed E-state index contributed by atoms with van der Waals surface area (Å²) in [6.07, 6.45) is 0. The molecule has 0 spiro atoms. The lowest BCUT2D eigenvalue weighted by molar-refractivity contribution is 0.392. The molecule has 0 atom stereocenters. The maximum atomic E-state index is 13.9. The number of hydrogen-bond donors (Lipinski definition) is 2. The molecule has 0 radical (unpaired) electrons. The fourth-order valence-electron chi connectivity index (χ4n) is 2.63. The molecule has 0 aromatic heterocycles. The van der Waals surface area contributed by atoms with Crippen molar-refractivity contribution in [3.8, 4) is 0 Å². The van der Waals surface area contributed by atoms with Crippen LogP contribution in [0.25, 0.3) is 0 Å². The second-order valence-electron chi connectivity index (χ2n) is 6.80. The van der Waals surface area contributed by atoms with Gasteiger partial charge in [0.2, 0.25) is 0 Å². The summed E-state index contributed by atoms with van der Waals surface area (Å²) in [5, 5.41) is 6.37. The summed E-state index contributed by atoms with van der Waals surface area (Å²) in [5.74, 6) is 0.218. The standard InChI is InChI=1S/C21H28F2N4/c1-5-24-21(26-13-17-7-6-15(2)20(23)11-17)25-12-16-8-9-19(22)18(10-16)14-27(3)4/h6-11H,5,12-14H2,1-4H3,(H2,24,25,26). The highest BCUT2D eigenvalue weighted by atomic mass is 19.1. The Morgan fingerprint density at radius 1 is 1.00 bits per heavy atom. The van der Waals surface area contributed by atoms with E-state index < -0.39 is 0 Å². The minimum absolute atomic E-state index is 0.206. The van der Waals surface area contributed by atoms with Crippen LogP contribution in [0.1, 0.15) is 29.2 Å². The van der Waals surface area contributed by atoms with Crippen molar-refractivity contribution in [2.24, 2.45) is 4.99 Å². The summed E-state index contributed by atoms with van der Waals surface area (Å²) in [6.45, 7) is 5.88. The molecule has 0 fully saturated rings. The topological polar surface area (TPSA) is 39.7 Å². The zero-order chi connectivity index (χ0) is 19.8. The molecule has 0 aliphatic carbocycles. The van der Waals surface area contributed by atoms with Crippen LogP contribution in [0.4, 0.5) is 8.78 Å². The summed E-state index contributed by atoms with van der Waals surface area (Å²) >= 11 is 0. The number of aryl methyl sites for hydroxylation is 1. The van der Waals surface area contributed by atoms with Gasteiger partial charge >= 0.3 is 0 Å². The van der Waals surface area contributed by atoms with Gasteiger partial charge < -0.3 is 15.5 Å². The third-order valence-corrected chi connectivity index (χ3v) is 4.06. The van der Waals surface area contributed by atoms with E-state index in [1.165, 1.54) is 12.1 Å². The van der Waals surface area contributed by atoms with Crippen LogP contribution in [0, 0.1) is 18.6 Å². The average molecular weight is 374 g/mol. The molecule has 0 aliphatic heterocycles. The van der Waals surface area contributed by atoms with Crippen molar-refractivity contribution in [2.45, 2.75) is 33.5 Å². The minimum Gasteiger partial charge on any atom is -0.357 e. The summed E-state index contributed by atoms with van der Waals surface area (Å²) < 4.78 is 27.6. The largest absolute Gasteiger partial charge is 0.357 e. The number of nitrogens with one attached hydrogen (secondary N) is 2. The Bertz CT molecular complexity index is 788. The van der Waals surface area contributed by atoms with Gasteiger partial charge in [0.25, 0.3) is 0 Å². The van der Waals surface area contributed by atoms with Crippen molar-refractivity contribution in [3.05, 3.63) is 70.3 Å². The van der Waals surface area contributed by atoms with E-state index in [1.807, 2.05) is 38.1 Å². The zero-order valence-corrected chi connectivity index (χ0v) is 16.4. The lowest BCUT2D eigenvalue weighted by Gasteiger charge is -2.13. The molecule has 6 heteroatoms. The molecule has 4 nitrogen and oxygen atoms in total. The number of rotatable bonds is 7. The molecule has 2 rings (SSSR count). The smallest absolute Gasteiger partial charge is 0.191 e. The van der Waals surface area contributed by atoms with Gasteiger partial charge in [-0.15, -0.1) is 0 Å². The number of guanidine groups is 1. The summed E-state index contributed by atoms with van der Waals surface area (Å²) in [7, 11) is 3.82. The highest BCUT2D eigenvalue weighted by Crippen LogP contribution is 2.13. The minimum atomic E-state index is -0.212. The molecule has 0 aliphatic rings. The highest BCUT2D eigenvalue weighted by molar-refractivity contribution is 5.79. The Balaban J connectivity index is 2.05. The number of benzene rings is 2. The van der Waals surface area contributed by atoms with E-state index in [4.69, 9.17) is 0 Å². The molecule has 2 N–H and O–H groups in total. The zero-order valence-electron chi connectivity index (χ0n) is 16.4. The molecule has 0 bridgehead atoms. The van der Waals surface area contributed by atoms with Crippen LogP contribution in [-0.2, 0) is 19.6 Å². The van der Waals surface area contributed by atoms with E-state index in [9.17, 15) is 8.78 Å². The van der Waals surface area contributed by atoms with E-state index >= 15 is 0 Å². The van der Waals surface area contributed by atoms with Crippen LogP contribution >= 0.6 is 0 Å². The van der Waals surface area contributed by atoms with Gasteiger partial charge in [-0.25, -0.2) is 13.8 Å². The number of hydrogen-bond acceptors (Lipinski definition) is 2. The van der Waals surface area contributed by atoms with E-state index in [2.05, 4.69) is 15.6 Å². The number of halogens is 2. The molecule has 27 heavy (non-hydrogen) atoms. The fourth-order valence-corrected chi connectivity index (χ4v) is 2.63. The van der Waals surface area contributed by atoms with Gasteiger partial charge in [-0.2, -0.15) is 0 Å². The summed E-state index contributed by atoms with van der Waals surface area (Å²) in [4.78, 5) is 6.48. The predicted molar refractivity (Wildman–Crippen MR) is 107 cm³/mol. The molecule has 0 unspecified atom stereocenters. The third kappa shape index (κ3) is 6.64. The Kier molecular flexibility index (Phi) is 7.73. The van der Waals surface area contributed by atoms with Crippen LogP contribution in [0.5, 0.6) is 0 Å². The normalized spacial score (nSPS) is 11.7. The van der Waals surface area contributed by atoms with Crippen LogP contribution in [-0.4, -0.2) is 31.5 Å². The summed E-state index contributed by atoms with van der Waals surface area (Å²) in [6, 6.07) is 10.3. The molecule has 0 saturated carbocycles. The van der Waals surface area contributed by atoms with Gasteiger partial charge in [0, 0.05) is 25.2 Å². The van der Waals surface area contributed by atoms with Gasteiger partial charge in [-0.05, 0) is 62.8 Å². The first-order chi connectivity index (χ1) is 12.9. The number of aliphatic imine (C=N–C) groups is 1. The van der Waals surface area contributed by atoms with Gasteiger partial charge in [0.15, 0.2) is 5.96 Å². The van der Waals surface area contributed by atoms with Crippen molar-refractivity contribution >= 4 is 5.96 Å². The Morgan fingerprint density at radius 2 is 1.74 bits per heavy atom. The first kappa shape index (κ1) is 20.8. The van der Waals surface area contributed by atoms with Crippen molar-refractivity contribution in [1.29, 1.82) is 0 Å². The first-order valence-electron chi connectivity index (χ1n) is 9.08. The second-order valence-corrected chi connectivity index (χ2v) is 6.80. The molecular weight excluding hydrogens is 346 g/mol. The van der Waals surface area contributed by atoms with Crippen LogP contribution in [0.2, 0.25) is 0 Å². The molecule has 0 heterocycles. The number of nitrogens with zero attached hydrogens (tertiary/aromatic N) is 2. The Morgan fingerprint density at radius 3 is 2.41 bits per heavy atom. The molecule has 0 saturated heterocycles. The van der Waals surface area contributed by atoms with Gasteiger partial charge in [0.05, 0.1) is 6.54 Å². The fraction of sp³-hybridized carbons (Fsp3) is 0.381. The van der Waals surface area contributed by atoms with Gasteiger partial charge in [-0.3, -0.25) is 0 Å². The maximum Gasteiger partial charge on any atom is 0.191 e. The van der Waals surface area contributed by atoms with Crippen LogP contribution in [0.15, 0.2) is 41.4 Å². The van der Waals surface area contributed by atoms with E-state index in [0.29, 0.717) is 43.3 Å². The predicted octanol–water partition coefficient (Wildman–Crippen LogP) is 3.59. The highest BCUT2D eigenvalue weighted by Gasteiger charge is 2.06. The lowest BCUT2D eigenvalue weighted by atomic mass is 10.1. The van der Waals surface area contributed by atoms with Crippen molar-refractivity contribution in [3.63, 3.8) is 0 Å². The van der Waals surface area contributed by atoms with Crippen molar-refractivity contribution < 1.29 is 8.78 Å². The average Bonchev–Trinajstić information content (AvgIpc) is 2.62. The quantitative estimate of drug-likeness (QED) is 0.575. The third-order valence-electron chi connectivity index (χ3n) is 4.06. The Hall–Kier alpha value is -2.47. The van der Waals surface area contributed by atoms with Crippen LogP contribution < -0.4 is 10.6 Å². The SMILES string of the molecule is CCNC(=NCc1ccc(F)c(CN(C)C)c1)NCc1ccc(C)c(F)c1. The van der Waals surface area contributed by atoms with E-state index in [0.717, 1.165) is 11.1 Å². The van der Waals surface area contributed by atoms with Gasteiger partial charge in [-0.1, -0.05) is 18.2 Å². The summed E-state index contributed by atoms with van der Waals surface area (Å²) in [5.41, 5.74) is 3.07.